The summed E-state index contributed by atoms with van der Waals surface area (Å²) in [4.78, 5) is 27.8. The van der Waals surface area contributed by atoms with Gasteiger partial charge in [0.25, 0.3) is 5.91 Å². The Morgan fingerprint density at radius 3 is 2.76 bits per heavy atom. The lowest BCUT2D eigenvalue weighted by atomic mass is 10.1. The van der Waals surface area contributed by atoms with Crippen molar-refractivity contribution in [2.75, 3.05) is 0 Å². The van der Waals surface area contributed by atoms with Crippen LogP contribution in [0.1, 0.15) is 18.1 Å². The minimum absolute atomic E-state index is 0.261. The monoisotopic (exact) mass is 443 g/mol. The van der Waals surface area contributed by atoms with E-state index in [1.807, 2.05) is 42.6 Å². The number of carbonyl (C=O) groups is 2. The molecule has 0 radical (unpaired) electrons. The lowest BCUT2D eigenvalue weighted by Crippen LogP contribution is -2.23. The van der Waals surface area contributed by atoms with E-state index < -0.39 is 0 Å². The largest absolute Gasteiger partial charge is 0.342 e. The average Bonchev–Trinajstić information content (AvgIpc) is 3.18. The van der Waals surface area contributed by atoms with Gasteiger partial charge < -0.3 is 9.88 Å². The number of fused-ring (bicyclic) bond motifs is 1. The number of hydrogen-bond acceptors (Lipinski definition) is 3. The highest BCUT2D eigenvalue weighted by Crippen LogP contribution is 2.31. The molecule has 2 amide bonds. The predicted octanol–water partition coefficient (Wildman–Crippen LogP) is 5.10. The number of thioether (sulfide) groups is 1. The summed E-state index contributed by atoms with van der Waals surface area (Å²) in [5, 5.41) is 4.90. The fourth-order valence-corrected chi connectivity index (χ4v) is 4.28. The maximum absolute atomic E-state index is 12.2. The van der Waals surface area contributed by atoms with Gasteiger partial charge in [-0.2, -0.15) is 4.99 Å². The summed E-state index contributed by atoms with van der Waals surface area (Å²) in [6.45, 7) is 1.99. The number of aromatic nitrogens is 1. The third-order valence-electron chi connectivity index (χ3n) is 4.35. The Labute approximate surface area is 181 Å². The van der Waals surface area contributed by atoms with Gasteiger partial charge in [-0.15, -0.1) is 0 Å². The number of carbonyl (C=O) groups excluding carboxylic acids is 2. The van der Waals surface area contributed by atoms with Gasteiger partial charge in [0.2, 0.25) is 5.91 Å². The summed E-state index contributed by atoms with van der Waals surface area (Å²) in [6, 6.07) is 13.5. The second kappa shape index (κ2) is 8.06. The molecule has 1 aromatic heterocycles. The number of halogens is 2. The van der Waals surface area contributed by atoms with Crippen LogP contribution in [0.3, 0.4) is 0 Å². The molecular weight excluding hydrogens is 429 g/mol. The minimum Gasteiger partial charge on any atom is -0.342 e. The fourth-order valence-electron chi connectivity index (χ4n) is 3.11. The number of amides is 2. The van der Waals surface area contributed by atoms with E-state index >= 15 is 0 Å². The summed E-state index contributed by atoms with van der Waals surface area (Å²) in [7, 11) is 0. The molecule has 8 heteroatoms. The minimum atomic E-state index is -0.361. The summed E-state index contributed by atoms with van der Waals surface area (Å²) in [6.07, 6.45) is 3.80. The lowest BCUT2D eigenvalue weighted by Gasteiger charge is -2.06. The van der Waals surface area contributed by atoms with Crippen LogP contribution >= 0.6 is 35.0 Å². The summed E-state index contributed by atoms with van der Waals surface area (Å²) in [5.41, 5.74) is 2.95. The summed E-state index contributed by atoms with van der Waals surface area (Å²) in [5.74, 6) is -0.622. The van der Waals surface area contributed by atoms with Crippen LogP contribution in [0.5, 0.6) is 0 Å². The molecule has 0 saturated heterocycles. The standard InChI is InChI=1S/C21H15Cl2N3O2S/c1-12(27)24-21-25-20(28)19(29-21)9-14-11-26(18-5-3-2-4-15(14)18)10-13-6-7-16(22)17(23)8-13/h2-9,11H,10H2,1H3,(H,24,25,27,28)/b19-9-. The Kier molecular flexibility index (Phi) is 5.50. The SMILES string of the molecule is CC(=O)NC1=NC(=O)/C(=C/c2cn(Cc3ccc(Cl)c(Cl)c3)c3ccccc23)S1. The smallest absolute Gasteiger partial charge is 0.286 e. The molecule has 1 aliphatic heterocycles. The number of aliphatic imine (C=N–C) groups is 1. The van der Waals surface area contributed by atoms with Crippen molar-refractivity contribution in [2.45, 2.75) is 13.5 Å². The van der Waals surface area contributed by atoms with Gasteiger partial charge in [-0.1, -0.05) is 47.5 Å². The average molecular weight is 444 g/mol. The van der Waals surface area contributed by atoms with Crippen molar-refractivity contribution in [1.82, 2.24) is 9.88 Å². The Hall–Kier alpha value is -2.54. The van der Waals surface area contributed by atoms with E-state index in [2.05, 4.69) is 14.9 Å². The van der Waals surface area contributed by atoms with Crippen LogP contribution in [0.15, 0.2) is 58.6 Å². The van der Waals surface area contributed by atoms with Crippen LogP contribution < -0.4 is 5.32 Å². The molecule has 2 aromatic carbocycles. The highest BCUT2D eigenvalue weighted by Gasteiger charge is 2.23. The first-order valence-corrected chi connectivity index (χ1v) is 10.3. The lowest BCUT2D eigenvalue weighted by molar-refractivity contribution is -0.117. The van der Waals surface area contributed by atoms with Gasteiger partial charge in [0, 0.05) is 36.1 Å². The van der Waals surface area contributed by atoms with Crippen LogP contribution in [0.4, 0.5) is 0 Å². The molecule has 0 atom stereocenters. The van der Waals surface area contributed by atoms with Crippen molar-refractivity contribution in [3.05, 3.63) is 74.7 Å². The zero-order chi connectivity index (χ0) is 20.5. The van der Waals surface area contributed by atoms with Crippen molar-refractivity contribution in [3.8, 4) is 0 Å². The number of hydrogen-bond donors (Lipinski definition) is 1. The third-order valence-corrected chi connectivity index (χ3v) is 5.98. The fraction of sp³-hybridized carbons (Fsp3) is 0.0952. The third kappa shape index (κ3) is 4.24. The summed E-state index contributed by atoms with van der Waals surface area (Å²) >= 11 is 13.3. The van der Waals surface area contributed by atoms with Crippen LogP contribution in [0, 0.1) is 0 Å². The molecule has 0 unspecified atom stereocenters. The molecule has 0 spiro atoms. The van der Waals surface area contributed by atoms with Gasteiger partial charge in [-0.05, 0) is 41.6 Å². The molecule has 5 nitrogen and oxygen atoms in total. The van der Waals surface area contributed by atoms with Gasteiger partial charge in [-0.25, -0.2) is 0 Å². The number of amidine groups is 1. The molecule has 1 aliphatic rings. The Morgan fingerprint density at radius 2 is 2.00 bits per heavy atom. The van der Waals surface area contributed by atoms with E-state index in [1.54, 1.807) is 12.1 Å². The van der Waals surface area contributed by atoms with Crippen LogP contribution in [0.2, 0.25) is 10.0 Å². The zero-order valence-electron chi connectivity index (χ0n) is 15.3. The van der Waals surface area contributed by atoms with Crippen molar-refractivity contribution in [1.29, 1.82) is 0 Å². The molecule has 146 valence electrons. The first kappa shape index (κ1) is 19.8. The highest BCUT2D eigenvalue weighted by molar-refractivity contribution is 8.18. The number of nitrogens with one attached hydrogen (secondary N) is 1. The van der Waals surface area contributed by atoms with Gasteiger partial charge in [0.05, 0.1) is 15.0 Å². The van der Waals surface area contributed by atoms with Gasteiger partial charge in [0.15, 0.2) is 5.17 Å². The van der Waals surface area contributed by atoms with Gasteiger partial charge in [0.1, 0.15) is 0 Å². The predicted molar refractivity (Wildman–Crippen MR) is 119 cm³/mol. The Balaban J connectivity index is 1.69. The second-order valence-corrected chi connectivity index (χ2v) is 8.34. The number of nitrogens with zero attached hydrogens (tertiary/aromatic N) is 2. The molecule has 0 aliphatic carbocycles. The molecule has 0 fully saturated rings. The number of benzene rings is 2. The van der Waals surface area contributed by atoms with E-state index in [0.29, 0.717) is 26.7 Å². The first-order valence-electron chi connectivity index (χ1n) is 8.72. The van der Waals surface area contributed by atoms with E-state index in [4.69, 9.17) is 23.2 Å². The molecule has 1 N–H and O–H groups in total. The van der Waals surface area contributed by atoms with Crippen LogP contribution in [0.25, 0.3) is 17.0 Å². The molecule has 0 saturated carbocycles. The van der Waals surface area contributed by atoms with Gasteiger partial charge >= 0.3 is 0 Å². The maximum atomic E-state index is 12.2. The second-order valence-electron chi connectivity index (χ2n) is 6.49. The first-order chi connectivity index (χ1) is 13.9. The number of para-hydroxylation sites is 1. The molecule has 29 heavy (non-hydrogen) atoms. The van der Waals surface area contributed by atoms with Gasteiger partial charge in [-0.3, -0.25) is 9.59 Å². The van der Waals surface area contributed by atoms with E-state index in [1.165, 1.54) is 6.92 Å². The molecule has 0 bridgehead atoms. The van der Waals surface area contributed by atoms with Crippen molar-refractivity contribution >= 4 is 68.9 Å². The van der Waals surface area contributed by atoms with E-state index in [0.717, 1.165) is 33.8 Å². The highest BCUT2D eigenvalue weighted by atomic mass is 35.5. The summed E-state index contributed by atoms with van der Waals surface area (Å²) < 4.78 is 2.10. The molecule has 4 rings (SSSR count). The van der Waals surface area contributed by atoms with Crippen LogP contribution in [-0.2, 0) is 16.1 Å². The molecular formula is C21H15Cl2N3O2S. The molecule has 3 aromatic rings. The quantitative estimate of drug-likeness (QED) is 0.572. The van der Waals surface area contributed by atoms with Crippen molar-refractivity contribution in [3.63, 3.8) is 0 Å². The number of rotatable bonds is 3. The topological polar surface area (TPSA) is 63.5 Å². The van der Waals surface area contributed by atoms with Crippen molar-refractivity contribution < 1.29 is 9.59 Å². The Bertz CT molecular complexity index is 1210. The zero-order valence-corrected chi connectivity index (χ0v) is 17.6. The van der Waals surface area contributed by atoms with E-state index in [-0.39, 0.29) is 11.8 Å². The normalized spacial score (nSPS) is 15.2. The Morgan fingerprint density at radius 1 is 1.21 bits per heavy atom. The maximum Gasteiger partial charge on any atom is 0.286 e. The van der Waals surface area contributed by atoms with E-state index in [9.17, 15) is 9.59 Å². The van der Waals surface area contributed by atoms with Crippen molar-refractivity contribution in [2.24, 2.45) is 4.99 Å². The molecule has 2 heterocycles. The van der Waals surface area contributed by atoms with Crippen LogP contribution in [-0.4, -0.2) is 21.5 Å².